The predicted octanol–water partition coefficient (Wildman–Crippen LogP) is 2.06. The fraction of sp³-hybridized carbons (Fsp3) is 0.900. The zero-order valence-electron chi connectivity index (χ0n) is 8.00. The zero-order chi connectivity index (χ0) is 9.52. The van der Waals surface area contributed by atoms with Crippen LogP contribution in [0.1, 0.15) is 38.5 Å². The summed E-state index contributed by atoms with van der Waals surface area (Å²) >= 11 is 0. The minimum atomic E-state index is -0.602. The second kappa shape index (κ2) is 5.97. The smallest absolute Gasteiger partial charge is 0.306 e. The van der Waals surface area contributed by atoms with Crippen LogP contribution in [0, 0.1) is 5.92 Å². The second-order valence-corrected chi connectivity index (χ2v) is 3.64. The van der Waals surface area contributed by atoms with Crippen molar-refractivity contribution in [1.29, 1.82) is 0 Å². The number of carboxylic acids is 1. The van der Waals surface area contributed by atoms with Crippen LogP contribution in [-0.2, 0) is 9.53 Å². The van der Waals surface area contributed by atoms with Gasteiger partial charge in [0.15, 0.2) is 0 Å². The Labute approximate surface area is 79.1 Å². The lowest BCUT2D eigenvalue weighted by atomic mass is 9.90. The maximum Gasteiger partial charge on any atom is 0.306 e. The molecule has 0 radical (unpaired) electrons. The van der Waals surface area contributed by atoms with Gasteiger partial charge in [-0.25, -0.2) is 0 Å². The number of aliphatic carboxylic acids is 1. The summed E-state index contributed by atoms with van der Waals surface area (Å²) in [4.78, 5) is 10.4. The van der Waals surface area contributed by atoms with Crippen molar-refractivity contribution in [1.82, 2.24) is 0 Å². The van der Waals surface area contributed by atoms with Gasteiger partial charge in [0.1, 0.15) is 0 Å². The van der Waals surface area contributed by atoms with E-state index >= 15 is 0 Å². The summed E-state index contributed by atoms with van der Waals surface area (Å²) < 4.78 is 4.72. The van der Waals surface area contributed by atoms with Gasteiger partial charge in [0, 0.05) is 13.2 Å². The first kappa shape index (κ1) is 10.5. The van der Waals surface area contributed by atoms with Gasteiger partial charge in [-0.2, -0.15) is 0 Å². The number of carboxylic acid groups (broad SMARTS) is 1. The van der Waals surface area contributed by atoms with Crippen LogP contribution in [0.2, 0.25) is 0 Å². The van der Waals surface area contributed by atoms with Crippen molar-refractivity contribution in [2.24, 2.45) is 5.92 Å². The van der Waals surface area contributed by atoms with Crippen molar-refractivity contribution in [3.8, 4) is 0 Å². The Morgan fingerprint density at radius 2 is 1.54 bits per heavy atom. The molecule has 0 bridgehead atoms. The van der Waals surface area contributed by atoms with Gasteiger partial charge in [0.25, 0.3) is 0 Å². The van der Waals surface area contributed by atoms with E-state index < -0.39 is 5.97 Å². The molecule has 0 aromatic rings. The summed E-state index contributed by atoms with van der Waals surface area (Å²) in [5.41, 5.74) is 0. The summed E-state index contributed by atoms with van der Waals surface area (Å²) in [5.74, 6) is -0.631. The SMILES string of the molecule is C1COC1.O=C(O)C1CCCCC1. The Morgan fingerprint density at radius 1 is 1.08 bits per heavy atom. The van der Waals surface area contributed by atoms with Crippen LogP contribution in [0.3, 0.4) is 0 Å². The van der Waals surface area contributed by atoms with E-state index in [9.17, 15) is 4.79 Å². The van der Waals surface area contributed by atoms with E-state index in [2.05, 4.69) is 0 Å². The summed E-state index contributed by atoms with van der Waals surface area (Å²) in [5, 5.41) is 8.54. The molecule has 0 amide bonds. The maximum absolute atomic E-state index is 10.4. The summed E-state index contributed by atoms with van der Waals surface area (Å²) in [7, 11) is 0. The molecule has 1 aliphatic heterocycles. The highest BCUT2D eigenvalue weighted by molar-refractivity contribution is 5.69. The molecule has 3 nitrogen and oxygen atoms in total. The Bertz CT molecular complexity index is 142. The van der Waals surface area contributed by atoms with E-state index in [0.717, 1.165) is 38.9 Å². The Balaban J connectivity index is 0.000000175. The van der Waals surface area contributed by atoms with E-state index in [1.54, 1.807) is 0 Å². The molecule has 1 saturated carbocycles. The molecule has 2 aliphatic rings. The van der Waals surface area contributed by atoms with Gasteiger partial charge in [-0.15, -0.1) is 0 Å². The predicted molar refractivity (Wildman–Crippen MR) is 49.6 cm³/mol. The summed E-state index contributed by atoms with van der Waals surface area (Å²) in [6.07, 6.45) is 6.52. The number of hydrogen-bond acceptors (Lipinski definition) is 2. The van der Waals surface area contributed by atoms with Gasteiger partial charge in [-0.1, -0.05) is 19.3 Å². The van der Waals surface area contributed by atoms with Crippen LogP contribution < -0.4 is 0 Å². The maximum atomic E-state index is 10.4. The van der Waals surface area contributed by atoms with Crippen molar-refractivity contribution >= 4 is 5.97 Å². The third kappa shape index (κ3) is 4.27. The number of carbonyl (C=O) groups is 1. The molecule has 2 fully saturated rings. The molecule has 0 spiro atoms. The lowest BCUT2D eigenvalue weighted by Gasteiger charge is -2.16. The highest BCUT2D eigenvalue weighted by Gasteiger charge is 2.19. The fourth-order valence-electron chi connectivity index (χ4n) is 1.49. The van der Waals surface area contributed by atoms with Crippen molar-refractivity contribution < 1.29 is 14.6 Å². The second-order valence-electron chi connectivity index (χ2n) is 3.64. The molecular formula is C10H18O3. The molecule has 1 aliphatic carbocycles. The van der Waals surface area contributed by atoms with Gasteiger partial charge in [-0.3, -0.25) is 4.79 Å². The number of hydrogen-bond donors (Lipinski definition) is 1. The minimum absolute atomic E-state index is 0.0289. The first-order chi connectivity index (χ1) is 6.30. The molecule has 1 saturated heterocycles. The van der Waals surface area contributed by atoms with E-state index in [1.807, 2.05) is 0 Å². The third-order valence-electron chi connectivity index (χ3n) is 2.53. The molecule has 3 heteroatoms. The van der Waals surface area contributed by atoms with E-state index in [1.165, 1.54) is 12.8 Å². The minimum Gasteiger partial charge on any atom is -0.481 e. The Hall–Kier alpha value is -0.570. The Kier molecular flexibility index (Phi) is 4.83. The van der Waals surface area contributed by atoms with Crippen molar-refractivity contribution in [2.75, 3.05) is 13.2 Å². The average Bonchev–Trinajstić information content (AvgIpc) is 2.03. The third-order valence-corrected chi connectivity index (χ3v) is 2.53. The summed E-state index contributed by atoms with van der Waals surface area (Å²) in [6, 6.07) is 0. The fourth-order valence-corrected chi connectivity index (χ4v) is 1.49. The molecular weight excluding hydrogens is 168 g/mol. The van der Waals surface area contributed by atoms with E-state index in [-0.39, 0.29) is 5.92 Å². The van der Waals surface area contributed by atoms with Gasteiger partial charge >= 0.3 is 5.97 Å². The van der Waals surface area contributed by atoms with Crippen molar-refractivity contribution in [2.45, 2.75) is 38.5 Å². The molecule has 0 atom stereocenters. The molecule has 0 aromatic heterocycles. The molecule has 0 aromatic carbocycles. The highest BCUT2D eigenvalue weighted by Crippen LogP contribution is 2.23. The van der Waals surface area contributed by atoms with Gasteiger partial charge < -0.3 is 9.84 Å². The van der Waals surface area contributed by atoms with Gasteiger partial charge in [0.05, 0.1) is 5.92 Å². The quantitative estimate of drug-likeness (QED) is 0.681. The first-order valence-corrected chi connectivity index (χ1v) is 5.11. The van der Waals surface area contributed by atoms with E-state index in [4.69, 9.17) is 9.84 Å². The highest BCUT2D eigenvalue weighted by atomic mass is 16.5. The van der Waals surface area contributed by atoms with Crippen LogP contribution in [0.4, 0.5) is 0 Å². The largest absolute Gasteiger partial charge is 0.481 e. The lowest BCUT2D eigenvalue weighted by molar-refractivity contribution is -0.142. The van der Waals surface area contributed by atoms with Crippen LogP contribution in [-0.4, -0.2) is 24.3 Å². The molecule has 1 heterocycles. The van der Waals surface area contributed by atoms with Crippen molar-refractivity contribution in [3.05, 3.63) is 0 Å². The molecule has 13 heavy (non-hydrogen) atoms. The summed E-state index contributed by atoms with van der Waals surface area (Å²) in [6.45, 7) is 2.00. The van der Waals surface area contributed by atoms with Crippen LogP contribution in [0.5, 0.6) is 0 Å². The van der Waals surface area contributed by atoms with Gasteiger partial charge in [-0.05, 0) is 19.3 Å². The van der Waals surface area contributed by atoms with Gasteiger partial charge in [0.2, 0.25) is 0 Å². The molecule has 2 rings (SSSR count). The van der Waals surface area contributed by atoms with Crippen LogP contribution >= 0.6 is 0 Å². The molecule has 0 unspecified atom stereocenters. The topological polar surface area (TPSA) is 46.5 Å². The number of ether oxygens (including phenoxy) is 1. The van der Waals surface area contributed by atoms with Crippen LogP contribution in [0.25, 0.3) is 0 Å². The lowest BCUT2D eigenvalue weighted by Crippen LogP contribution is -2.16. The molecule has 76 valence electrons. The normalized spacial score (nSPS) is 22.5. The average molecular weight is 186 g/mol. The van der Waals surface area contributed by atoms with E-state index in [0.29, 0.717) is 0 Å². The van der Waals surface area contributed by atoms with Crippen molar-refractivity contribution in [3.63, 3.8) is 0 Å². The zero-order valence-corrected chi connectivity index (χ0v) is 8.00. The van der Waals surface area contributed by atoms with Crippen LogP contribution in [0.15, 0.2) is 0 Å². The standard InChI is InChI=1S/C7H12O2.C3H6O/c8-7(9)6-4-2-1-3-5-6;1-2-4-3-1/h6H,1-5H2,(H,8,9);1-3H2. The monoisotopic (exact) mass is 186 g/mol. The number of rotatable bonds is 1. The Morgan fingerprint density at radius 3 is 1.77 bits per heavy atom. The molecule has 1 N–H and O–H groups in total. The first-order valence-electron chi connectivity index (χ1n) is 5.11.